The second kappa shape index (κ2) is 9.74. The largest absolute Gasteiger partial charge is 0.354 e. The van der Waals surface area contributed by atoms with Gasteiger partial charge in [-0.15, -0.1) is 0 Å². The van der Waals surface area contributed by atoms with Gasteiger partial charge >= 0.3 is 0 Å². The van der Waals surface area contributed by atoms with Crippen molar-refractivity contribution in [3.8, 4) is 0 Å². The summed E-state index contributed by atoms with van der Waals surface area (Å²) in [6.07, 6.45) is 1.03. The van der Waals surface area contributed by atoms with E-state index < -0.39 is 0 Å². The summed E-state index contributed by atoms with van der Waals surface area (Å²) in [6.45, 7) is 9.49. The summed E-state index contributed by atoms with van der Waals surface area (Å²) < 4.78 is 0. The maximum Gasteiger partial charge on any atom is 0.191 e. The molecule has 0 aliphatic carbocycles. The Hall–Kier alpha value is -2.33. The van der Waals surface area contributed by atoms with Crippen LogP contribution in [0.1, 0.15) is 51.2 Å². The van der Waals surface area contributed by atoms with E-state index in [2.05, 4.69) is 104 Å². The lowest BCUT2D eigenvalue weighted by molar-refractivity contribution is 0.535. The fraction of sp³-hybridized carbons (Fsp3) is 0.458. The van der Waals surface area contributed by atoms with Crippen molar-refractivity contribution in [3.05, 3.63) is 71.8 Å². The molecule has 1 aliphatic rings. The van der Waals surface area contributed by atoms with E-state index in [9.17, 15) is 0 Å². The maximum absolute atomic E-state index is 5.01. The lowest BCUT2D eigenvalue weighted by Gasteiger charge is -2.25. The summed E-state index contributed by atoms with van der Waals surface area (Å²) in [5, 5.41) is 10.7. The van der Waals surface area contributed by atoms with Gasteiger partial charge in [0.1, 0.15) is 0 Å². The molecule has 2 aromatic carbocycles. The number of nitrogens with one attached hydrogen (secondary N) is 3. The van der Waals surface area contributed by atoms with Crippen LogP contribution >= 0.6 is 0 Å². The Bertz CT molecular complexity index is 688. The van der Waals surface area contributed by atoms with Crippen molar-refractivity contribution >= 4 is 5.96 Å². The van der Waals surface area contributed by atoms with Crippen molar-refractivity contribution in [1.82, 2.24) is 16.0 Å². The van der Waals surface area contributed by atoms with Crippen LogP contribution in [0.3, 0.4) is 0 Å². The van der Waals surface area contributed by atoms with Crippen LogP contribution in [0.2, 0.25) is 0 Å². The molecule has 0 spiro atoms. The first-order valence-corrected chi connectivity index (χ1v) is 10.5. The van der Waals surface area contributed by atoms with Crippen LogP contribution in [-0.2, 0) is 0 Å². The average molecular weight is 379 g/mol. The minimum absolute atomic E-state index is 0.271. The Morgan fingerprint density at radius 1 is 0.857 bits per heavy atom. The molecule has 2 unspecified atom stereocenters. The van der Waals surface area contributed by atoms with E-state index in [4.69, 9.17) is 4.99 Å². The number of aliphatic imine (C=N–C) groups is 1. The Labute approximate surface area is 169 Å². The molecule has 1 saturated heterocycles. The zero-order valence-electron chi connectivity index (χ0n) is 17.5. The number of hydrogen-bond acceptors (Lipinski definition) is 2. The second-order valence-electron chi connectivity index (χ2n) is 8.28. The van der Waals surface area contributed by atoms with E-state index in [1.54, 1.807) is 0 Å². The smallest absolute Gasteiger partial charge is 0.191 e. The Morgan fingerprint density at radius 3 is 1.82 bits per heavy atom. The topological polar surface area (TPSA) is 48.5 Å². The average Bonchev–Trinajstić information content (AvgIpc) is 3.10. The molecule has 1 heterocycles. The van der Waals surface area contributed by atoms with Crippen LogP contribution in [0.5, 0.6) is 0 Å². The molecule has 0 saturated carbocycles. The Balaban J connectivity index is 1.80. The van der Waals surface area contributed by atoms with Crippen molar-refractivity contribution in [2.75, 3.05) is 6.54 Å². The zero-order valence-corrected chi connectivity index (χ0v) is 17.5. The van der Waals surface area contributed by atoms with Crippen LogP contribution < -0.4 is 16.0 Å². The third kappa shape index (κ3) is 5.59. The summed E-state index contributed by atoms with van der Waals surface area (Å²) in [5.41, 5.74) is 2.72. The van der Waals surface area contributed by atoms with Gasteiger partial charge in [0.05, 0.1) is 6.04 Å². The van der Waals surface area contributed by atoms with Gasteiger partial charge in [0, 0.05) is 30.6 Å². The van der Waals surface area contributed by atoms with Gasteiger partial charge in [-0.25, -0.2) is 4.99 Å². The maximum atomic E-state index is 5.01. The molecule has 2 aromatic rings. The predicted octanol–water partition coefficient (Wildman–Crippen LogP) is 3.90. The highest BCUT2D eigenvalue weighted by Crippen LogP contribution is 2.32. The van der Waals surface area contributed by atoms with Crippen molar-refractivity contribution in [1.29, 1.82) is 0 Å². The lowest BCUT2D eigenvalue weighted by Crippen LogP contribution is -2.44. The zero-order chi connectivity index (χ0) is 19.9. The minimum Gasteiger partial charge on any atom is -0.354 e. The highest BCUT2D eigenvalue weighted by atomic mass is 15.2. The Morgan fingerprint density at radius 2 is 1.36 bits per heavy atom. The fourth-order valence-electron chi connectivity index (χ4n) is 3.92. The van der Waals surface area contributed by atoms with Gasteiger partial charge in [0.15, 0.2) is 5.96 Å². The summed E-state index contributed by atoms with van der Waals surface area (Å²) in [6, 6.07) is 23.0. The first kappa shape index (κ1) is 20.4. The highest BCUT2D eigenvalue weighted by Gasteiger charge is 2.32. The van der Waals surface area contributed by atoms with Crippen molar-refractivity contribution < 1.29 is 0 Å². The van der Waals surface area contributed by atoms with Gasteiger partial charge in [-0.1, -0.05) is 60.7 Å². The second-order valence-corrected chi connectivity index (χ2v) is 8.28. The molecule has 28 heavy (non-hydrogen) atoms. The molecule has 3 rings (SSSR count). The first-order chi connectivity index (χ1) is 13.5. The number of rotatable bonds is 6. The number of hydrogen-bond donors (Lipinski definition) is 3. The number of benzene rings is 2. The van der Waals surface area contributed by atoms with Gasteiger partial charge in [0.2, 0.25) is 0 Å². The van der Waals surface area contributed by atoms with Crippen molar-refractivity contribution in [3.63, 3.8) is 0 Å². The number of nitrogens with zero attached hydrogens (tertiary/aromatic N) is 1. The summed E-state index contributed by atoms with van der Waals surface area (Å²) >= 11 is 0. The standard InChI is InChI=1S/C24H34N4/c1-17(2)26-24(27-18(3)4)28-21-15-22(25-16-21)23(19-11-7-5-8-12-19)20-13-9-6-10-14-20/h5-14,17-18,21-23,25H,15-16H2,1-4H3,(H2,26,27,28). The van der Waals surface area contributed by atoms with Crippen LogP contribution in [0.25, 0.3) is 0 Å². The molecule has 4 heteroatoms. The van der Waals surface area contributed by atoms with E-state index in [0.29, 0.717) is 24.0 Å². The fourth-order valence-corrected chi connectivity index (χ4v) is 3.92. The normalized spacial score (nSPS) is 19.2. The molecule has 0 bridgehead atoms. The van der Waals surface area contributed by atoms with E-state index in [1.165, 1.54) is 11.1 Å². The molecule has 0 radical (unpaired) electrons. The molecule has 3 N–H and O–H groups in total. The SMILES string of the molecule is CC(C)NC(=NC1CNC(C(c2ccccc2)c2ccccc2)C1)NC(C)C. The van der Waals surface area contributed by atoms with E-state index >= 15 is 0 Å². The third-order valence-electron chi connectivity index (χ3n) is 5.02. The van der Waals surface area contributed by atoms with Crippen LogP contribution in [0.4, 0.5) is 0 Å². The lowest BCUT2D eigenvalue weighted by atomic mass is 9.84. The van der Waals surface area contributed by atoms with Crippen LogP contribution in [-0.4, -0.2) is 36.7 Å². The summed E-state index contributed by atoms with van der Waals surface area (Å²) in [4.78, 5) is 5.01. The van der Waals surface area contributed by atoms with E-state index in [0.717, 1.165) is 18.9 Å². The molecule has 0 aromatic heterocycles. The molecule has 1 fully saturated rings. The van der Waals surface area contributed by atoms with Gasteiger partial charge in [-0.2, -0.15) is 0 Å². The van der Waals surface area contributed by atoms with E-state index in [1.807, 2.05) is 0 Å². The quantitative estimate of drug-likeness (QED) is 0.528. The Kier molecular flexibility index (Phi) is 7.10. The van der Waals surface area contributed by atoms with E-state index in [-0.39, 0.29) is 6.04 Å². The van der Waals surface area contributed by atoms with Crippen molar-refractivity contribution in [2.45, 2.75) is 64.2 Å². The molecule has 1 aliphatic heterocycles. The van der Waals surface area contributed by atoms with Crippen LogP contribution in [0, 0.1) is 0 Å². The molecular formula is C24H34N4. The highest BCUT2D eigenvalue weighted by molar-refractivity contribution is 5.80. The van der Waals surface area contributed by atoms with Gasteiger partial charge < -0.3 is 16.0 Å². The van der Waals surface area contributed by atoms with Crippen LogP contribution in [0.15, 0.2) is 65.7 Å². The molecule has 150 valence electrons. The van der Waals surface area contributed by atoms with Gasteiger partial charge in [0.25, 0.3) is 0 Å². The first-order valence-electron chi connectivity index (χ1n) is 10.5. The van der Waals surface area contributed by atoms with Crippen molar-refractivity contribution in [2.24, 2.45) is 4.99 Å². The molecule has 0 amide bonds. The summed E-state index contributed by atoms with van der Waals surface area (Å²) in [7, 11) is 0. The predicted molar refractivity (Wildman–Crippen MR) is 119 cm³/mol. The van der Waals surface area contributed by atoms with Gasteiger partial charge in [-0.05, 0) is 45.2 Å². The molecule has 4 nitrogen and oxygen atoms in total. The summed E-state index contributed by atoms with van der Waals surface area (Å²) in [5.74, 6) is 1.25. The third-order valence-corrected chi connectivity index (χ3v) is 5.02. The van der Waals surface area contributed by atoms with Gasteiger partial charge in [-0.3, -0.25) is 0 Å². The minimum atomic E-state index is 0.271. The monoisotopic (exact) mass is 378 g/mol. The molecule has 2 atom stereocenters. The molecular weight excluding hydrogens is 344 g/mol. The number of guanidine groups is 1.